The average molecular weight is 193 g/mol. The Hall–Kier alpha value is -1.32. The van der Waals surface area contributed by atoms with Crippen molar-refractivity contribution in [3.05, 3.63) is 18.7 Å². The molecule has 1 fully saturated rings. The molecule has 0 bridgehead atoms. The molecule has 1 heterocycles. The van der Waals surface area contributed by atoms with Crippen LogP contribution < -0.4 is 4.94 Å². The highest BCUT2D eigenvalue weighted by molar-refractivity contribution is 5.59. The van der Waals surface area contributed by atoms with E-state index in [0.29, 0.717) is 5.92 Å². The van der Waals surface area contributed by atoms with Crippen molar-refractivity contribution in [1.29, 1.82) is 0 Å². The van der Waals surface area contributed by atoms with Gasteiger partial charge in [-0.15, -0.1) is 4.73 Å². The van der Waals surface area contributed by atoms with Crippen LogP contribution in [-0.4, -0.2) is 15.9 Å². The van der Waals surface area contributed by atoms with Crippen LogP contribution in [0, 0.1) is 5.92 Å². The lowest BCUT2D eigenvalue weighted by Crippen LogP contribution is -2.10. The lowest BCUT2D eigenvalue weighted by atomic mass is 9.90. The van der Waals surface area contributed by atoms with Gasteiger partial charge in [-0.05, 0) is 18.8 Å². The van der Waals surface area contributed by atoms with E-state index in [0.717, 1.165) is 0 Å². The van der Waals surface area contributed by atoms with Crippen LogP contribution in [0.15, 0.2) is 23.9 Å². The van der Waals surface area contributed by atoms with Crippen molar-refractivity contribution >= 4 is 6.21 Å². The molecule has 0 amide bonds. The third kappa shape index (κ3) is 2.58. The highest BCUT2D eigenvalue weighted by atomic mass is 16.8. The van der Waals surface area contributed by atoms with E-state index in [4.69, 9.17) is 4.94 Å². The van der Waals surface area contributed by atoms with Gasteiger partial charge in [-0.1, -0.05) is 24.4 Å². The second kappa shape index (κ2) is 4.79. The summed E-state index contributed by atoms with van der Waals surface area (Å²) in [7, 11) is 0. The van der Waals surface area contributed by atoms with Gasteiger partial charge in [-0.3, -0.25) is 4.94 Å². The van der Waals surface area contributed by atoms with Gasteiger partial charge < -0.3 is 0 Å². The van der Waals surface area contributed by atoms with Gasteiger partial charge in [0.15, 0.2) is 0 Å². The minimum atomic E-state index is 0.604. The van der Waals surface area contributed by atoms with Gasteiger partial charge in [0, 0.05) is 6.20 Å². The van der Waals surface area contributed by atoms with Gasteiger partial charge in [-0.2, -0.15) is 0 Å². The normalized spacial score (nSPS) is 18.9. The van der Waals surface area contributed by atoms with Gasteiger partial charge >= 0.3 is 0 Å². The topological polar surface area (TPSA) is 39.4 Å². The monoisotopic (exact) mass is 193 g/mol. The molecular formula is C10H15N3O. The van der Waals surface area contributed by atoms with E-state index in [1.165, 1.54) is 36.8 Å². The zero-order valence-electron chi connectivity index (χ0n) is 8.17. The molecule has 76 valence electrons. The molecule has 14 heavy (non-hydrogen) atoms. The zero-order valence-corrected chi connectivity index (χ0v) is 8.17. The van der Waals surface area contributed by atoms with Crippen molar-refractivity contribution in [2.75, 3.05) is 0 Å². The lowest BCUT2D eigenvalue weighted by molar-refractivity contribution is 0.118. The van der Waals surface area contributed by atoms with Crippen molar-refractivity contribution in [2.24, 2.45) is 11.1 Å². The first-order valence-electron chi connectivity index (χ1n) is 5.14. The van der Waals surface area contributed by atoms with Gasteiger partial charge in [-0.25, -0.2) is 4.98 Å². The SMILES string of the molecule is C(=NOn1ccnc1)C1CCCCC1. The summed E-state index contributed by atoms with van der Waals surface area (Å²) in [4.78, 5) is 8.92. The van der Waals surface area contributed by atoms with Crippen LogP contribution in [-0.2, 0) is 0 Å². The molecule has 0 saturated heterocycles. The van der Waals surface area contributed by atoms with Gasteiger partial charge in [0.2, 0.25) is 0 Å². The van der Waals surface area contributed by atoms with E-state index in [-0.39, 0.29) is 0 Å². The van der Waals surface area contributed by atoms with E-state index in [9.17, 15) is 0 Å². The molecule has 1 saturated carbocycles. The van der Waals surface area contributed by atoms with Crippen LogP contribution in [0.5, 0.6) is 0 Å². The Morgan fingerprint density at radius 1 is 1.36 bits per heavy atom. The molecule has 1 aliphatic rings. The number of hydrogen-bond acceptors (Lipinski definition) is 3. The van der Waals surface area contributed by atoms with Crippen molar-refractivity contribution in [3.8, 4) is 0 Å². The van der Waals surface area contributed by atoms with Crippen LogP contribution in [0.3, 0.4) is 0 Å². The fourth-order valence-corrected chi connectivity index (χ4v) is 1.75. The summed E-state index contributed by atoms with van der Waals surface area (Å²) in [5.41, 5.74) is 0. The van der Waals surface area contributed by atoms with Gasteiger partial charge in [0.1, 0.15) is 6.33 Å². The predicted molar refractivity (Wildman–Crippen MR) is 53.9 cm³/mol. The summed E-state index contributed by atoms with van der Waals surface area (Å²) < 4.78 is 1.49. The largest absolute Gasteiger partial charge is 0.263 e. The fourth-order valence-electron chi connectivity index (χ4n) is 1.75. The standard InChI is InChI=1S/C10H15N3O/c1-2-4-10(5-3-1)8-12-14-13-7-6-11-9-13/h6-10H,1-5H2. The molecule has 4 heteroatoms. The Morgan fingerprint density at radius 2 is 2.21 bits per heavy atom. The van der Waals surface area contributed by atoms with Gasteiger partial charge in [0.05, 0.1) is 12.4 Å². The molecule has 1 aromatic rings. The van der Waals surface area contributed by atoms with Crippen LogP contribution in [0.4, 0.5) is 0 Å². The van der Waals surface area contributed by atoms with Crippen LogP contribution >= 0.6 is 0 Å². The first kappa shape index (κ1) is 9.24. The second-order valence-electron chi connectivity index (χ2n) is 3.66. The Bertz CT molecular complexity index is 276. The maximum Gasteiger partial charge on any atom is 0.134 e. The summed E-state index contributed by atoms with van der Waals surface area (Å²) in [6, 6.07) is 0. The van der Waals surface area contributed by atoms with E-state index in [1.54, 1.807) is 18.7 Å². The summed E-state index contributed by atoms with van der Waals surface area (Å²) >= 11 is 0. The van der Waals surface area contributed by atoms with Crippen molar-refractivity contribution < 1.29 is 4.94 Å². The molecule has 2 rings (SSSR count). The smallest absolute Gasteiger partial charge is 0.134 e. The maximum atomic E-state index is 5.07. The number of nitrogens with zero attached hydrogens (tertiary/aromatic N) is 3. The fraction of sp³-hybridized carbons (Fsp3) is 0.600. The summed E-state index contributed by atoms with van der Waals surface area (Å²) in [6.45, 7) is 0. The first-order chi connectivity index (χ1) is 6.95. The molecule has 0 radical (unpaired) electrons. The number of rotatable bonds is 3. The van der Waals surface area contributed by atoms with Crippen molar-refractivity contribution in [3.63, 3.8) is 0 Å². The van der Waals surface area contributed by atoms with E-state index < -0.39 is 0 Å². The number of oxime groups is 1. The maximum absolute atomic E-state index is 5.07. The number of hydrogen-bond donors (Lipinski definition) is 0. The van der Waals surface area contributed by atoms with E-state index >= 15 is 0 Å². The highest BCUT2D eigenvalue weighted by Gasteiger charge is 2.10. The molecule has 0 spiro atoms. The molecule has 0 aromatic carbocycles. The number of imidazole rings is 1. The van der Waals surface area contributed by atoms with Crippen LogP contribution in [0.1, 0.15) is 32.1 Å². The average Bonchev–Trinajstić information content (AvgIpc) is 2.72. The predicted octanol–water partition coefficient (Wildman–Crippen LogP) is 1.88. The quantitative estimate of drug-likeness (QED) is 0.543. The second-order valence-corrected chi connectivity index (χ2v) is 3.66. The molecule has 1 aromatic heterocycles. The van der Waals surface area contributed by atoms with Crippen molar-refractivity contribution in [2.45, 2.75) is 32.1 Å². The molecule has 0 aliphatic heterocycles. The van der Waals surface area contributed by atoms with Crippen LogP contribution in [0.2, 0.25) is 0 Å². The minimum Gasteiger partial charge on any atom is -0.263 e. The zero-order chi connectivity index (χ0) is 9.64. The lowest BCUT2D eigenvalue weighted by Gasteiger charge is -2.16. The Morgan fingerprint density at radius 3 is 2.93 bits per heavy atom. The van der Waals surface area contributed by atoms with E-state index in [1.807, 2.05) is 6.21 Å². The molecule has 1 aliphatic carbocycles. The number of aromatic nitrogens is 2. The molecule has 0 unspecified atom stereocenters. The molecule has 4 nitrogen and oxygen atoms in total. The molecule has 0 N–H and O–H groups in total. The Balaban J connectivity index is 1.76. The first-order valence-corrected chi connectivity index (χ1v) is 5.14. The van der Waals surface area contributed by atoms with E-state index in [2.05, 4.69) is 10.1 Å². The summed E-state index contributed by atoms with van der Waals surface area (Å²) in [6.07, 6.45) is 13.4. The van der Waals surface area contributed by atoms with Crippen LogP contribution in [0.25, 0.3) is 0 Å². The van der Waals surface area contributed by atoms with Crippen molar-refractivity contribution in [1.82, 2.24) is 9.71 Å². The minimum absolute atomic E-state index is 0.604. The molecular weight excluding hydrogens is 178 g/mol. The molecule has 0 atom stereocenters. The third-order valence-corrected chi connectivity index (χ3v) is 2.54. The Labute approximate surface area is 83.5 Å². The highest BCUT2D eigenvalue weighted by Crippen LogP contribution is 2.21. The van der Waals surface area contributed by atoms with Gasteiger partial charge in [0.25, 0.3) is 0 Å². The summed E-state index contributed by atoms with van der Waals surface area (Å²) in [5, 5.41) is 3.94. The summed E-state index contributed by atoms with van der Waals surface area (Å²) in [5.74, 6) is 0.604. The Kier molecular flexibility index (Phi) is 3.16. The third-order valence-electron chi connectivity index (χ3n) is 2.54.